The average molecular weight is 385 g/mol. The number of carboxylic acids is 1. The van der Waals surface area contributed by atoms with Crippen LogP contribution in [0.3, 0.4) is 0 Å². The molecule has 7 heteroatoms. The molecule has 0 spiro atoms. The number of hydrogen-bond acceptors (Lipinski definition) is 4. The van der Waals surface area contributed by atoms with Crippen molar-refractivity contribution in [3.8, 4) is 0 Å². The predicted molar refractivity (Wildman–Crippen MR) is 104 cm³/mol. The van der Waals surface area contributed by atoms with Gasteiger partial charge in [0.25, 0.3) is 5.91 Å². The summed E-state index contributed by atoms with van der Waals surface area (Å²) in [5, 5.41) is 11.4. The Morgan fingerprint density at radius 3 is 2.68 bits per heavy atom. The lowest BCUT2D eigenvalue weighted by molar-refractivity contribution is -0.137. The minimum Gasteiger partial charge on any atom is -0.481 e. The number of amides is 1. The Morgan fingerprint density at radius 2 is 2.00 bits per heavy atom. The largest absolute Gasteiger partial charge is 0.481 e. The van der Waals surface area contributed by atoms with Crippen LogP contribution in [0.15, 0.2) is 30.4 Å². The van der Waals surface area contributed by atoms with Crippen molar-refractivity contribution in [2.24, 2.45) is 0 Å². The summed E-state index contributed by atoms with van der Waals surface area (Å²) in [5.74, 6) is -1.01. The molecule has 2 unspecified atom stereocenters. The van der Waals surface area contributed by atoms with Crippen LogP contribution < -0.4 is 5.32 Å². The lowest BCUT2D eigenvalue weighted by atomic mass is 9.89. The van der Waals surface area contributed by atoms with Crippen molar-refractivity contribution in [1.29, 1.82) is 0 Å². The monoisotopic (exact) mass is 385 g/mol. The van der Waals surface area contributed by atoms with Gasteiger partial charge in [0.05, 0.1) is 22.4 Å². The van der Waals surface area contributed by atoms with E-state index in [-0.39, 0.29) is 18.2 Å². The molecule has 1 aromatic heterocycles. The molecule has 1 aromatic carbocycles. The smallest absolute Gasteiger partial charge is 0.303 e. The second-order valence-corrected chi connectivity index (χ2v) is 7.02. The van der Waals surface area contributed by atoms with Gasteiger partial charge in [-0.1, -0.05) is 12.2 Å². The molecule has 2 aromatic rings. The number of benzene rings is 1. The van der Waals surface area contributed by atoms with Gasteiger partial charge in [-0.3, -0.25) is 9.59 Å². The van der Waals surface area contributed by atoms with E-state index in [0.29, 0.717) is 48.7 Å². The SMILES string of the molecule is CNC(=O)c1ccc2nc(C3C=CC(F)CC3)c(CCCCC(=O)O)nc2c1. The van der Waals surface area contributed by atoms with Crippen LogP contribution in [0.2, 0.25) is 0 Å². The van der Waals surface area contributed by atoms with E-state index in [4.69, 9.17) is 15.1 Å². The minimum absolute atomic E-state index is 0.00279. The Kier molecular flexibility index (Phi) is 6.34. The van der Waals surface area contributed by atoms with Gasteiger partial charge in [-0.05, 0) is 50.3 Å². The van der Waals surface area contributed by atoms with Gasteiger partial charge in [-0.25, -0.2) is 14.4 Å². The van der Waals surface area contributed by atoms with Crippen molar-refractivity contribution in [2.45, 2.75) is 50.6 Å². The van der Waals surface area contributed by atoms with Gasteiger partial charge in [-0.15, -0.1) is 0 Å². The summed E-state index contributed by atoms with van der Waals surface area (Å²) in [6.07, 6.45) is 5.57. The van der Waals surface area contributed by atoms with Crippen molar-refractivity contribution < 1.29 is 19.1 Å². The molecule has 2 atom stereocenters. The van der Waals surface area contributed by atoms with Gasteiger partial charge >= 0.3 is 5.97 Å². The molecule has 1 amide bonds. The Bertz CT molecular complexity index is 913. The first kappa shape index (κ1) is 19.9. The average Bonchev–Trinajstić information content (AvgIpc) is 2.70. The van der Waals surface area contributed by atoms with Crippen LogP contribution in [0, 0.1) is 0 Å². The van der Waals surface area contributed by atoms with E-state index in [0.717, 1.165) is 11.4 Å². The molecule has 28 heavy (non-hydrogen) atoms. The number of aliphatic carboxylic acids is 1. The van der Waals surface area contributed by atoms with Gasteiger partial charge in [0.15, 0.2) is 0 Å². The quantitative estimate of drug-likeness (QED) is 0.562. The second-order valence-electron chi connectivity index (χ2n) is 7.02. The molecule has 0 saturated carbocycles. The highest BCUT2D eigenvalue weighted by Crippen LogP contribution is 2.31. The number of allylic oxidation sites excluding steroid dienone is 2. The number of carboxylic acid groups (broad SMARTS) is 1. The molecule has 1 heterocycles. The molecule has 0 bridgehead atoms. The molecule has 0 fully saturated rings. The van der Waals surface area contributed by atoms with Crippen LogP contribution in [0.4, 0.5) is 4.39 Å². The van der Waals surface area contributed by atoms with E-state index < -0.39 is 12.1 Å². The van der Waals surface area contributed by atoms with Crippen molar-refractivity contribution in [3.63, 3.8) is 0 Å². The number of halogens is 1. The fraction of sp³-hybridized carbons (Fsp3) is 0.429. The lowest BCUT2D eigenvalue weighted by Crippen LogP contribution is -2.18. The number of unbranched alkanes of at least 4 members (excludes halogenated alkanes) is 1. The van der Waals surface area contributed by atoms with Crippen LogP contribution >= 0.6 is 0 Å². The fourth-order valence-electron chi connectivity index (χ4n) is 3.45. The van der Waals surface area contributed by atoms with E-state index in [9.17, 15) is 14.0 Å². The van der Waals surface area contributed by atoms with Crippen molar-refractivity contribution in [1.82, 2.24) is 15.3 Å². The number of carbonyl (C=O) groups excluding carboxylic acids is 1. The molecule has 3 rings (SSSR count). The summed E-state index contributed by atoms with van der Waals surface area (Å²) in [6, 6.07) is 5.19. The summed E-state index contributed by atoms with van der Waals surface area (Å²) < 4.78 is 13.5. The molecule has 1 aliphatic carbocycles. The molecule has 1 aliphatic rings. The van der Waals surface area contributed by atoms with Gasteiger partial charge in [0, 0.05) is 24.9 Å². The summed E-state index contributed by atoms with van der Waals surface area (Å²) >= 11 is 0. The highest BCUT2D eigenvalue weighted by atomic mass is 19.1. The normalized spacial score (nSPS) is 18.9. The third-order valence-electron chi connectivity index (χ3n) is 4.97. The van der Waals surface area contributed by atoms with Crippen molar-refractivity contribution >= 4 is 22.9 Å². The zero-order chi connectivity index (χ0) is 20.1. The first-order valence-corrected chi connectivity index (χ1v) is 9.54. The Labute approximate surface area is 162 Å². The van der Waals surface area contributed by atoms with Gasteiger partial charge in [-0.2, -0.15) is 0 Å². The van der Waals surface area contributed by atoms with Gasteiger partial charge in [0.1, 0.15) is 6.17 Å². The first-order valence-electron chi connectivity index (χ1n) is 9.54. The lowest BCUT2D eigenvalue weighted by Gasteiger charge is -2.21. The zero-order valence-corrected chi connectivity index (χ0v) is 15.8. The Hall–Kier alpha value is -2.83. The Balaban J connectivity index is 1.95. The topological polar surface area (TPSA) is 92.2 Å². The highest BCUT2D eigenvalue weighted by molar-refractivity contribution is 5.97. The second kappa shape index (κ2) is 8.91. The van der Waals surface area contributed by atoms with Crippen molar-refractivity contribution in [2.75, 3.05) is 7.05 Å². The van der Waals surface area contributed by atoms with Crippen molar-refractivity contribution in [3.05, 3.63) is 47.3 Å². The maximum atomic E-state index is 13.5. The zero-order valence-electron chi connectivity index (χ0n) is 15.8. The minimum atomic E-state index is -0.918. The van der Waals surface area contributed by atoms with Gasteiger partial charge in [0.2, 0.25) is 0 Å². The third-order valence-corrected chi connectivity index (χ3v) is 4.97. The van der Waals surface area contributed by atoms with E-state index in [1.54, 1.807) is 31.3 Å². The number of nitrogens with zero attached hydrogens (tertiary/aromatic N) is 2. The van der Waals surface area contributed by atoms with E-state index >= 15 is 0 Å². The number of aromatic nitrogens is 2. The maximum absolute atomic E-state index is 13.5. The van der Waals surface area contributed by atoms with Crippen LogP contribution in [0.25, 0.3) is 11.0 Å². The number of rotatable bonds is 7. The number of alkyl halides is 1. The molecule has 148 valence electrons. The first-order chi connectivity index (χ1) is 13.5. The van der Waals surface area contributed by atoms with E-state index in [2.05, 4.69) is 5.32 Å². The number of fused-ring (bicyclic) bond motifs is 1. The number of carbonyl (C=O) groups is 2. The molecule has 0 aliphatic heterocycles. The van der Waals surface area contributed by atoms with E-state index in [1.165, 1.54) is 0 Å². The molecule has 0 saturated heterocycles. The van der Waals surface area contributed by atoms with Crippen LogP contribution in [-0.4, -0.2) is 40.2 Å². The van der Waals surface area contributed by atoms with Crippen LogP contribution in [0.1, 0.15) is 59.8 Å². The van der Waals surface area contributed by atoms with Crippen LogP contribution in [0.5, 0.6) is 0 Å². The van der Waals surface area contributed by atoms with Gasteiger partial charge < -0.3 is 10.4 Å². The number of hydrogen-bond donors (Lipinski definition) is 2. The third kappa shape index (κ3) is 4.71. The molecular formula is C21H24FN3O3. The standard InChI is InChI=1S/C21H24FN3O3/c1-23-21(28)14-8-11-16-18(12-14)24-17(4-2-3-5-19(26)27)20(25-16)13-6-9-15(22)10-7-13/h6,8-9,11-13,15H,2-5,7,10H2,1H3,(H,23,28)(H,26,27). The van der Waals surface area contributed by atoms with Crippen LogP contribution in [-0.2, 0) is 11.2 Å². The summed E-state index contributed by atoms with van der Waals surface area (Å²) in [4.78, 5) is 32.2. The molecular weight excluding hydrogens is 361 g/mol. The highest BCUT2D eigenvalue weighted by Gasteiger charge is 2.22. The number of nitrogens with one attached hydrogen (secondary N) is 1. The molecule has 0 radical (unpaired) electrons. The molecule has 2 N–H and O–H groups in total. The summed E-state index contributed by atoms with van der Waals surface area (Å²) in [7, 11) is 1.57. The van der Waals surface area contributed by atoms with E-state index in [1.807, 2.05) is 6.08 Å². The summed E-state index contributed by atoms with van der Waals surface area (Å²) in [6.45, 7) is 0. The maximum Gasteiger partial charge on any atom is 0.303 e. The Morgan fingerprint density at radius 1 is 1.18 bits per heavy atom. The molecule has 6 nitrogen and oxygen atoms in total. The fourth-order valence-corrected chi connectivity index (χ4v) is 3.45. The summed E-state index contributed by atoms with van der Waals surface area (Å²) in [5.41, 5.74) is 3.43. The predicted octanol–water partition coefficient (Wildman–Crippen LogP) is 3.56. The number of aryl methyl sites for hydroxylation is 1.